The van der Waals surface area contributed by atoms with E-state index in [1.807, 2.05) is 6.92 Å². The number of nitrogens with one attached hydrogen (secondary N) is 2. The van der Waals surface area contributed by atoms with Crippen molar-refractivity contribution in [2.24, 2.45) is 0 Å². The summed E-state index contributed by atoms with van der Waals surface area (Å²) in [5.74, 6) is -0.292. The minimum absolute atomic E-state index is 0.133. The smallest absolute Gasteiger partial charge is 0.242 e. The van der Waals surface area contributed by atoms with Crippen molar-refractivity contribution in [2.45, 2.75) is 43.7 Å². The lowest BCUT2D eigenvalue weighted by molar-refractivity contribution is -0.122. The standard InChI is InChI=1S/C13H17BrN2O3S/c1-8-3-6-12(11(14)7-8)20(18,19)16-9(2)13(17)15-10-4-5-10/h3,6-7,9-10,16H,4-5H2,1-2H3,(H,15,17). The van der Waals surface area contributed by atoms with E-state index in [0.717, 1.165) is 18.4 Å². The lowest BCUT2D eigenvalue weighted by atomic mass is 10.2. The van der Waals surface area contributed by atoms with E-state index in [1.165, 1.54) is 13.0 Å². The van der Waals surface area contributed by atoms with Crippen LogP contribution in [-0.2, 0) is 14.8 Å². The molecule has 0 radical (unpaired) electrons. The number of benzene rings is 1. The Balaban J connectivity index is 2.11. The molecule has 5 nitrogen and oxygen atoms in total. The Kier molecular flexibility index (Phi) is 4.51. The van der Waals surface area contributed by atoms with Gasteiger partial charge in [-0.3, -0.25) is 4.79 Å². The summed E-state index contributed by atoms with van der Waals surface area (Å²) in [5, 5.41) is 2.77. The Morgan fingerprint density at radius 3 is 2.60 bits per heavy atom. The van der Waals surface area contributed by atoms with Gasteiger partial charge >= 0.3 is 0 Å². The van der Waals surface area contributed by atoms with Gasteiger partial charge in [-0.15, -0.1) is 0 Å². The fourth-order valence-corrected chi connectivity index (χ4v) is 4.12. The quantitative estimate of drug-likeness (QED) is 0.838. The molecule has 1 atom stereocenters. The Labute approximate surface area is 127 Å². The molecule has 7 heteroatoms. The predicted molar refractivity (Wildman–Crippen MR) is 79.8 cm³/mol. The average molecular weight is 361 g/mol. The maximum absolute atomic E-state index is 12.3. The number of carbonyl (C=O) groups is 1. The van der Waals surface area contributed by atoms with E-state index in [-0.39, 0.29) is 16.8 Å². The van der Waals surface area contributed by atoms with Crippen LogP contribution in [0.15, 0.2) is 27.6 Å². The molecule has 1 aromatic carbocycles. The summed E-state index contributed by atoms with van der Waals surface area (Å²) in [4.78, 5) is 11.9. The zero-order valence-corrected chi connectivity index (χ0v) is 13.7. The largest absolute Gasteiger partial charge is 0.352 e. The topological polar surface area (TPSA) is 75.3 Å². The second-order valence-electron chi connectivity index (χ2n) is 5.06. The molecular weight excluding hydrogens is 344 g/mol. The van der Waals surface area contributed by atoms with Crippen LogP contribution >= 0.6 is 15.9 Å². The van der Waals surface area contributed by atoms with Gasteiger partial charge in [0.2, 0.25) is 15.9 Å². The van der Waals surface area contributed by atoms with Crippen molar-refractivity contribution in [3.8, 4) is 0 Å². The zero-order chi connectivity index (χ0) is 14.9. The molecule has 1 fully saturated rings. The van der Waals surface area contributed by atoms with Crippen LogP contribution in [0.2, 0.25) is 0 Å². The number of halogens is 1. The summed E-state index contributed by atoms with van der Waals surface area (Å²) in [6.45, 7) is 3.41. The van der Waals surface area contributed by atoms with Gasteiger partial charge in [-0.1, -0.05) is 6.07 Å². The van der Waals surface area contributed by atoms with Crippen molar-refractivity contribution in [1.29, 1.82) is 0 Å². The molecule has 0 spiro atoms. The van der Waals surface area contributed by atoms with Crippen LogP contribution in [0.3, 0.4) is 0 Å². The highest BCUT2D eigenvalue weighted by atomic mass is 79.9. The van der Waals surface area contributed by atoms with Gasteiger partial charge < -0.3 is 5.32 Å². The third-order valence-corrected chi connectivity index (χ3v) is 5.54. The number of hydrogen-bond acceptors (Lipinski definition) is 3. The SMILES string of the molecule is Cc1ccc(S(=O)(=O)NC(C)C(=O)NC2CC2)c(Br)c1. The van der Waals surface area contributed by atoms with Gasteiger partial charge in [-0.05, 0) is 60.3 Å². The van der Waals surface area contributed by atoms with Crippen LogP contribution < -0.4 is 10.0 Å². The molecule has 0 bridgehead atoms. The highest BCUT2D eigenvalue weighted by Crippen LogP contribution is 2.23. The molecule has 110 valence electrons. The highest BCUT2D eigenvalue weighted by Gasteiger charge is 2.28. The first-order valence-corrected chi connectivity index (χ1v) is 8.66. The molecule has 1 unspecified atom stereocenters. The molecule has 1 amide bonds. The van der Waals surface area contributed by atoms with Gasteiger partial charge in [0, 0.05) is 10.5 Å². The second kappa shape index (κ2) is 5.83. The fraction of sp³-hybridized carbons (Fsp3) is 0.462. The van der Waals surface area contributed by atoms with Crippen LogP contribution in [-0.4, -0.2) is 26.4 Å². The number of sulfonamides is 1. The van der Waals surface area contributed by atoms with Crippen molar-refractivity contribution in [3.05, 3.63) is 28.2 Å². The van der Waals surface area contributed by atoms with E-state index < -0.39 is 16.1 Å². The first-order chi connectivity index (χ1) is 9.29. The fourth-order valence-electron chi connectivity index (χ4n) is 1.73. The van der Waals surface area contributed by atoms with Crippen LogP contribution in [0.1, 0.15) is 25.3 Å². The molecule has 1 aromatic rings. The average Bonchev–Trinajstić information content (AvgIpc) is 3.11. The molecule has 1 aliphatic carbocycles. The first-order valence-electron chi connectivity index (χ1n) is 6.38. The van der Waals surface area contributed by atoms with Gasteiger partial charge in [-0.2, -0.15) is 4.72 Å². The van der Waals surface area contributed by atoms with E-state index >= 15 is 0 Å². The Morgan fingerprint density at radius 2 is 2.05 bits per heavy atom. The highest BCUT2D eigenvalue weighted by molar-refractivity contribution is 9.10. The van der Waals surface area contributed by atoms with Crippen molar-refractivity contribution < 1.29 is 13.2 Å². The number of amides is 1. The molecular formula is C13H17BrN2O3S. The summed E-state index contributed by atoms with van der Waals surface area (Å²) in [6.07, 6.45) is 1.93. The maximum atomic E-state index is 12.3. The number of carbonyl (C=O) groups excluding carboxylic acids is 1. The third kappa shape index (κ3) is 3.80. The summed E-state index contributed by atoms with van der Waals surface area (Å²) >= 11 is 3.24. The third-order valence-electron chi connectivity index (χ3n) is 3.03. The number of aryl methyl sites for hydroxylation is 1. The lowest BCUT2D eigenvalue weighted by Gasteiger charge is -2.15. The molecule has 1 saturated carbocycles. The van der Waals surface area contributed by atoms with Crippen LogP contribution in [0, 0.1) is 6.92 Å². The van der Waals surface area contributed by atoms with Crippen LogP contribution in [0.4, 0.5) is 0 Å². The lowest BCUT2D eigenvalue weighted by Crippen LogP contribution is -2.45. The van der Waals surface area contributed by atoms with Gasteiger partial charge in [0.25, 0.3) is 0 Å². The monoisotopic (exact) mass is 360 g/mol. The molecule has 2 N–H and O–H groups in total. The Hall–Kier alpha value is -0.920. The zero-order valence-electron chi connectivity index (χ0n) is 11.3. The van der Waals surface area contributed by atoms with Crippen molar-refractivity contribution in [3.63, 3.8) is 0 Å². The Morgan fingerprint density at radius 1 is 1.40 bits per heavy atom. The van der Waals surface area contributed by atoms with Gasteiger partial charge in [0.05, 0.1) is 10.9 Å². The summed E-state index contributed by atoms with van der Waals surface area (Å²) in [7, 11) is -3.73. The molecule has 0 aromatic heterocycles. The number of hydrogen-bond donors (Lipinski definition) is 2. The minimum Gasteiger partial charge on any atom is -0.352 e. The molecule has 2 rings (SSSR count). The summed E-state index contributed by atoms with van der Waals surface area (Å²) in [5.41, 5.74) is 0.954. The maximum Gasteiger partial charge on any atom is 0.242 e. The van der Waals surface area contributed by atoms with Crippen molar-refractivity contribution in [1.82, 2.24) is 10.0 Å². The normalized spacial score (nSPS) is 16.8. The molecule has 0 aliphatic heterocycles. The van der Waals surface area contributed by atoms with E-state index in [1.54, 1.807) is 12.1 Å². The van der Waals surface area contributed by atoms with Gasteiger partial charge in [0.15, 0.2) is 0 Å². The minimum atomic E-state index is -3.73. The van der Waals surface area contributed by atoms with E-state index in [4.69, 9.17) is 0 Å². The number of rotatable bonds is 5. The molecule has 0 heterocycles. The van der Waals surface area contributed by atoms with Crippen LogP contribution in [0.25, 0.3) is 0 Å². The first kappa shape index (κ1) is 15.5. The van der Waals surface area contributed by atoms with Gasteiger partial charge in [0.1, 0.15) is 0 Å². The summed E-state index contributed by atoms with van der Waals surface area (Å²) in [6, 6.07) is 4.37. The summed E-state index contributed by atoms with van der Waals surface area (Å²) < 4.78 is 27.4. The van der Waals surface area contributed by atoms with E-state index in [9.17, 15) is 13.2 Å². The predicted octanol–water partition coefficient (Wildman–Crippen LogP) is 1.70. The second-order valence-corrected chi connectivity index (χ2v) is 7.60. The van der Waals surface area contributed by atoms with Crippen LogP contribution in [0.5, 0.6) is 0 Å². The van der Waals surface area contributed by atoms with E-state index in [0.29, 0.717) is 4.47 Å². The van der Waals surface area contributed by atoms with Crippen molar-refractivity contribution in [2.75, 3.05) is 0 Å². The molecule has 1 aliphatic rings. The molecule has 20 heavy (non-hydrogen) atoms. The molecule has 0 saturated heterocycles. The van der Waals surface area contributed by atoms with Crippen molar-refractivity contribution >= 4 is 31.9 Å². The van der Waals surface area contributed by atoms with E-state index in [2.05, 4.69) is 26.0 Å². The van der Waals surface area contributed by atoms with Gasteiger partial charge in [-0.25, -0.2) is 8.42 Å². The Bertz CT molecular complexity index is 627.